The van der Waals surface area contributed by atoms with Gasteiger partial charge in [-0.25, -0.2) is 0 Å². The van der Waals surface area contributed by atoms with E-state index in [1.807, 2.05) is 17.9 Å². The summed E-state index contributed by atoms with van der Waals surface area (Å²) >= 11 is 18.2. The maximum atomic E-state index is 6.21. The van der Waals surface area contributed by atoms with E-state index in [9.17, 15) is 0 Å². The van der Waals surface area contributed by atoms with Crippen LogP contribution in [-0.2, 0) is 32.7 Å². The molecule has 0 aromatic heterocycles. The van der Waals surface area contributed by atoms with Crippen molar-refractivity contribution in [2.24, 2.45) is 0 Å². The van der Waals surface area contributed by atoms with E-state index < -0.39 is 0 Å². The van der Waals surface area contributed by atoms with Crippen molar-refractivity contribution in [3.05, 3.63) is 63.3 Å². The monoisotopic (exact) mass is 387 g/mol. The summed E-state index contributed by atoms with van der Waals surface area (Å²) < 4.78 is 0. The van der Waals surface area contributed by atoms with E-state index in [4.69, 9.17) is 34.8 Å². The molecule has 97 valence electrons. The predicted molar refractivity (Wildman–Crippen MR) is 78.6 cm³/mol. The third-order valence-electron chi connectivity index (χ3n) is 2.71. The number of hydrogen-bond donors (Lipinski definition) is 0. The first-order valence-electron chi connectivity index (χ1n) is 5.46. The summed E-state index contributed by atoms with van der Waals surface area (Å²) in [4.78, 5) is 1.97. The van der Waals surface area contributed by atoms with Crippen LogP contribution in [0, 0.1) is 6.08 Å². The Kier molecular flexibility index (Phi) is 6.62. The molecule has 1 nitrogen and oxygen atoms in total. The minimum Gasteiger partial charge on any atom is -0.374 e. The molecule has 1 heterocycles. The molecule has 0 saturated carbocycles. The van der Waals surface area contributed by atoms with Gasteiger partial charge < -0.3 is 4.90 Å². The summed E-state index contributed by atoms with van der Waals surface area (Å²) in [6.45, 7) is 6.73. The smallest absolute Gasteiger partial charge is 0.0400 e. The molecule has 1 aromatic carbocycles. The molecular formula is C14H11Cl3NY-. The van der Waals surface area contributed by atoms with Gasteiger partial charge in [0.15, 0.2) is 0 Å². The Labute approximate surface area is 153 Å². The van der Waals surface area contributed by atoms with Gasteiger partial charge in [-0.05, 0) is 28.7 Å². The first-order valence-corrected chi connectivity index (χ1v) is 6.59. The van der Waals surface area contributed by atoms with Gasteiger partial charge in [-0.2, -0.15) is 23.8 Å². The first-order chi connectivity index (χ1) is 8.54. The topological polar surface area (TPSA) is 3.24 Å². The van der Waals surface area contributed by atoms with Crippen molar-refractivity contribution in [2.75, 3.05) is 6.54 Å². The van der Waals surface area contributed by atoms with Gasteiger partial charge >= 0.3 is 0 Å². The fourth-order valence-corrected chi connectivity index (χ4v) is 2.47. The summed E-state index contributed by atoms with van der Waals surface area (Å²) in [5.74, 6) is 0. The van der Waals surface area contributed by atoms with Crippen LogP contribution >= 0.6 is 34.8 Å². The Hall–Kier alpha value is 0.214. The molecule has 0 aliphatic carbocycles. The minimum absolute atomic E-state index is 0. The standard InChI is InChI=1S/C14H11Cl3N.Y/c1-3-18-9(2)12(16)6-7-14(18)11-5-4-10(15)8-13(11)17;/h4-6,8H,2-3H2,1H3;/q-1;. The van der Waals surface area contributed by atoms with Gasteiger partial charge in [-0.15, -0.1) is 6.07 Å². The van der Waals surface area contributed by atoms with E-state index in [1.54, 1.807) is 18.2 Å². The van der Waals surface area contributed by atoms with Gasteiger partial charge in [-0.3, -0.25) is 0 Å². The average molecular weight is 389 g/mol. The Morgan fingerprint density at radius 3 is 2.53 bits per heavy atom. The summed E-state index contributed by atoms with van der Waals surface area (Å²) in [6.07, 6.45) is 4.84. The number of rotatable bonds is 2. The van der Waals surface area contributed by atoms with Crippen LogP contribution < -0.4 is 0 Å². The Morgan fingerprint density at radius 1 is 1.26 bits per heavy atom. The van der Waals surface area contributed by atoms with Gasteiger partial charge in [0, 0.05) is 44.3 Å². The van der Waals surface area contributed by atoms with Crippen LogP contribution in [0.4, 0.5) is 0 Å². The van der Waals surface area contributed by atoms with E-state index >= 15 is 0 Å². The molecule has 0 fully saturated rings. The Morgan fingerprint density at radius 2 is 1.95 bits per heavy atom. The fourth-order valence-electron chi connectivity index (χ4n) is 1.81. The minimum atomic E-state index is 0. The molecular weight excluding hydrogens is 377 g/mol. The van der Waals surface area contributed by atoms with Crippen LogP contribution in [0.2, 0.25) is 10.0 Å². The van der Waals surface area contributed by atoms with E-state index in [1.165, 1.54) is 0 Å². The van der Waals surface area contributed by atoms with Crippen molar-refractivity contribution in [2.45, 2.75) is 6.92 Å². The number of likely N-dealkylation sites (N-methyl/N-ethyl adjacent to an activating group) is 1. The number of benzene rings is 1. The van der Waals surface area contributed by atoms with Gasteiger partial charge in [0.25, 0.3) is 0 Å². The second-order valence-electron chi connectivity index (χ2n) is 3.80. The molecule has 5 heteroatoms. The van der Waals surface area contributed by atoms with Crippen molar-refractivity contribution in [1.82, 2.24) is 4.90 Å². The maximum absolute atomic E-state index is 6.21. The summed E-state index contributed by atoms with van der Waals surface area (Å²) in [6, 6.07) is 5.38. The zero-order valence-corrected chi connectivity index (χ0v) is 15.5. The normalized spacial score (nSPS) is 14.7. The first kappa shape index (κ1) is 17.3. The summed E-state index contributed by atoms with van der Waals surface area (Å²) in [5, 5.41) is 1.78. The molecule has 0 saturated heterocycles. The average Bonchev–Trinajstić information content (AvgIpc) is 2.33. The second kappa shape index (κ2) is 7.29. The predicted octanol–water partition coefficient (Wildman–Crippen LogP) is 5.11. The zero-order chi connectivity index (χ0) is 13.3. The van der Waals surface area contributed by atoms with E-state index in [2.05, 4.69) is 12.7 Å². The third kappa shape index (κ3) is 3.65. The SMILES string of the molecule is C=C1C(Cl)=C[C-]=C(c2ccc(Cl)cc2Cl)N1CC.[Y]. The maximum Gasteiger partial charge on any atom is 0.0400 e. The molecule has 19 heavy (non-hydrogen) atoms. The van der Waals surface area contributed by atoms with E-state index in [0.717, 1.165) is 23.5 Å². The molecule has 0 unspecified atom stereocenters. The molecule has 0 bridgehead atoms. The Bertz CT molecular complexity index is 564. The van der Waals surface area contributed by atoms with Crippen LogP contribution in [0.3, 0.4) is 0 Å². The second-order valence-corrected chi connectivity index (χ2v) is 5.05. The molecule has 1 aliphatic heterocycles. The van der Waals surface area contributed by atoms with Crippen LogP contribution in [0.5, 0.6) is 0 Å². The van der Waals surface area contributed by atoms with Crippen LogP contribution in [0.15, 0.2) is 41.6 Å². The molecule has 0 spiro atoms. The largest absolute Gasteiger partial charge is 0.374 e. The van der Waals surface area contributed by atoms with Crippen molar-refractivity contribution in [1.29, 1.82) is 0 Å². The quantitative estimate of drug-likeness (QED) is 0.637. The fraction of sp³-hybridized carbons (Fsp3) is 0.143. The molecule has 1 aliphatic rings. The Balaban J connectivity index is 0.00000180. The van der Waals surface area contributed by atoms with Crippen molar-refractivity contribution in [3.8, 4) is 0 Å². The van der Waals surface area contributed by atoms with E-state index in [-0.39, 0.29) is 32.7 Å². The molecule has 0 N–H and O–H groups in total. The molecule has 0 amide bonds. The van der Waals surface area contributed by atoms with Gasteiger partial charge in [0.1, 0.15) is 0 Å². The van der Waals surface area contributed by atoms with Crippen molar-refractivity contribution in [3.63, 3.8) is 0 Å². The number of hydrogen-bond acceptors (Lipinski definition) is 1. The zero-order valence-electron chi connectivity index (χ0n) is 10.4. The molecule has 2 rings (SSSR count). The van der Waals surface area contributed by atoms with Crippen molar-refractivity contribution < 1.29 is 32.7 Å². The number of allylic oxidation sites excluding steroid dienone is 3. The van der Waals surface area contributed by atoms with E-state index in [0.29, 0.717) is 15.1 Å². The number of nitrogens with zero attached hydrogens (tertiary/aromatic N) is 1. The molecule has 1 aromatic rings. The number of halogens is 3. The van der Waals surface area contributed by atoms with Crippen molar-refractivity contribution >= 4 is 40.5 Å². The van der Waals surface area contributed by atoms with Gasteiger partial charge in [0.05, 0.1) is 0 Å². The van der Waals surface area contributed by atoms with Crippen LogP contribution in [-0.4, -0.2) is 11.4 Å². The molecule has 0 atom stereocenters. The summed E-state index contributed by atoms with van der Waals surface area (Å²) in [5.41, 5.74) is 2.47. The molecule has 1 radical (unpaired) electrons. The third-order valence-corrected chi connectivity index (χ3v) is 3.58. The van der Waals surface area contributed by atoms with Gasteiger partial charge in [0.2, 0.25) is 0 Å². The summed E-state index contributed by atoms with van der Waals surface area (Å²) in [7, 11) is 0. The van der Waals surface area contributed by atoms with Crippen LogP contribution in [0.25, 0.3) is 5.70 Å². The van der Waals surface area contributed by atoms with Crippen LogP contribution in [0.1, 0.15) is 12.5 Å². The van der Waals surface area contributed by atoms with Gasteiger partial charge in [-0.1, -0.05) is 47.1 Å².